The molecule has 3 nitrogen and oxygen atoms in total. The van der Waals surface area contributed by atoms with Gasteiger partial charge in [0, 0.05) is 15.8 Å². The molecule has 0 amide bonds. The van der Waals surface area contributed by atoms with E-state index in [1.54, 1.807) is 23.1 Å². The molecule has 0 bridgehead atoms. The van der Waals surface area contributed by atoms with E-state index in [0.717, 1.165) is 36.7 Å². The highest BCUT2D eigenvalue weighted by molar-refractivity contribution is 7.98. The number of nitrogens with zero attached hydrogens (tertiary/aromatic N) is 3. The SMILES string of the molecule is CSc1nnc(-c2sc3ccccc3c2Cl)n1-c1ccccc1. The summed E-state index contributed by atoms with van der Waals surface area (Å²) in [6.07, 6.45) is 2.00. The number of halogens is 1. The molecule has 23 heavy (non-hydrogen) atoms. The Morgan fingerprint density at radius 3 is 2.48 bits per heavy atom. The van der Waals surface area contributed by atoms with Crippen LogP contribution in [-0.4, -0.2) is 21.0 Å². The Labute approximate surface area is 146 Å². The van der Waals surface area contributed by atoms with Crippen LogP contribution in [0.2, 0.25) is 5.02 Å². The van der Waals surface area contributed by atoms with E-state index in [1.165, 1.54) is 0 Å². The largest absolute Gasteiger partial charge is 0.269 e. The van der Waals surface area contributed by atoms with Gasteiger partial charge in [-0.1, -0.05) is 59.8 Å². The van der Waals surface area contributed by atoms with Crippen LogP contribution in [0.3, 0.4) is 0 Å². The van der Waals surface area contributed by atoms with Gasteiger partial charge in [-0.15, -0.1) is 21.5 Å². The molecule has 0 aliphatic carbocycles. The van der Waals surface area contributed by atoms with Gasteiger partial charge in [0.15, 0.2) is 11.0 Å². The Kier molecular flexibility index (Phi) is 3.85. The minimum atomic E-state index is 0.739. The van der Waals surface area contributed by atoms with E-state index >= 15 is 0 Å². The number of para-hydroxylation sites is 1. The molecule has 2 aromatic carbocycles. The molecule has 2 aromatic heterocycles. The van der Waals surface area contributed by atoms with Crippen LogP contribution in [0.5, 0.6) is 0 Å². The van der Waals surface area contributed by atoms with Gasteiger partial charge in [0.2, 0.25) is 0 Å². The second kappa shape index (κ2) is 6.00. The molecule has 0 N–H and O–H groups in total. The van der Waals surface area contributed by atoms with E-state index in [4.69, 9.17) is 11.6 Å². The molecule has 0 aliphatic rings. The molecular weight excluding hydrogens is 346 g/mol. The zero-order valence-electron chi connectivity index (χ0n) is 12.2. The molecule has 0 radical (unpaired) electrons. The van der Waals surface area contributed by atoms with Crippen molar-refractivity contribution in [1.82, 2.24) is 14.8 Å². The summed E-state index contributed by atoms with van der Waals surface area (Å²) < 4.78 is 3.21. The van der Waals surface area contributed by atoms with Gasteiger partial charge in [-0.05, 0) is 24.5 Å². The van der Waals surface area contributed by atoms with E-state index in [0.29, 0.717) is 0 Å². The van der Waals surface area contributed by atoms with E-state index in [2.05, 4.69) is 20.8 Å². The van der Waals surface area contributed by atoms with Crippen LogP contribution in [0.1, 0.15) is 0 Å². The maximum Gasteiger partial charge on any atom is 0.195 e. The summed E-state index contributed by atoms with van der Waals surface area (Å²) in [5.74, 6) is 0.784. The van der Waals surface area contributed by atoms with Gasteiger partial charge < -0.3 is 0 Å². The van der Waals surface area contributed by atoms with Crippen molar-refractivity contribution in [3.8, 4) is 16.4 Å². The van der Waals surface area contributed by atoms with Crippen LogP contribution in [0.25, 0.3) is 26.5 Å². The average Bonchev–Trinajstić information content (AvgIpc) is 3.17. The topological polar surface area (TPSA) is 30.7 Å². The minimum Gasteiger partial charge on any atom is -0.269 e. The van der Waals surface area contributed by atoms with Crippen molar-refractivity contribution in [2.24, 2.45) is 0 Å². The fraction of sp³-hybridized carbons (Fsp3) is 0.0588. The third-order valence-electron chi connectivity index (χ3n) is 3.57. The summed E-state index contributed by atoms with van der Waals surface area (Å²) in [4.78, 5) is 0.949. The molecule has 114 valence electrons. The van der Waals surface area contributed by atoms with Gasteiger partial charge >= 0.3 is 0 Å². The molecule has 0 spiro atoms. The van der Waals surface area contributed by atoms with Gasteiger partial charge in [0.05, 0.1) is 9.90 Å². The molecule has 0 saturated carbocycles. The average molecular weight is 358 g/mol. The quantitative estimate of drug-likeness (QED) is 0.452. The molecule has 0 aliphatic heterocycles. The molecule has 0 fully saturated rings. The lowest BCUT2D eigenvalue weighted by molar-refractivity contribution is 0.889. The van der Waals surface area contributed by atoms with Gasteiger partial charge in [-0.2, -0.15) is 0 Å². The van der Waals surface area contributed by atoms with Crippen LogP contribution in [0.4, 0.5) is 0 Å². The first kappa shape index (κ1) is 14.8. The summed E-state index contributed by atoms with van der Waals surface area (Å²) >= 11 is 9.84. The lowest BCUT2D eigenvalue weighted by Gasteiger charge is -2.08. The van der Waals surface area contributed by atoms with Crippen LogP contribution in [0.15, 0.2) is 59.8 Å². The summed E-state index contributed by atoms with van der Waals surface area (Å²) in [7, 11) is 0. The molecular formula is C17H12ClN3S2. The summed E-state index contributed by atoms with van der Waals surface area (Å²) in [5, 5.41) is 11.4. The lowest BCUT2D eigenvalue weighted by atomic mass is 10.2. The second-order valence-electron chi connectivity index (χ2n) is 4.92. The zero-order chi connectivity index (χ0) is 15.8. The number of hydrogen-bond acceptors (Lipinski definition) is 4. The molecule has 6 heteroatoms. The number of rotatable bonds is 3. The normalized spacial score (nSPS) is 11.2. The zero-order valence-corrected chi connectivity index (χ0v) is 14.6. The fourth-order valence-corrected chi connectivity index (χ4v) is 4.50. The first-order valence-electron chi connectivity index (χ1n) is 7.02. The van der Waals surface area contributed by atoms with E-state index in [-0.39, 0.29) is 0 Å². The van der Waals surface area contributed by atoms with Crippen LogP contribution in [0, 0.1) is 0 Å². The summed E-state index contributed by atoms with van der Waals surface area (Å²) in [6, 6.07) is 18.3. The molecule has 4 rings (SSSR count). The fourth-order valence-electron chi connectivity index (χ4n) is 2.52. The van der Waals surface area contributed by atoms with Gasteiger partial charge in [0.25, 0.3) is 0 Å². The smallest absolute Gasteiger partial charge is 0.195 e. The predicted molar refractivity (Wildman–Crippen MR) is 99.0 cm³/mol. The van der Waals surface area contributed by atoms with E-state index in [9.17, 15) is 0 Å². The van der Waals surface area contributed by atoms with Crippen LogP contribution >= 0.6 is 34.7 Å². The van der Waals surface area contributed by atoms with Gasteiger partial charge in [-0.3, -0.25) is 4.57 Å². The van der Waals surface area contributed by atoms with Crippen molar-refractivity contribution >= 4 is 44.8 Å². The van der Waals surface area contributed by atoms with E-state index < -0.39 is 0 Å². The number of fused-ring (bicyclic) bond motifs is 1. The number of thiophene rings is 1. The Bertz CT molecular complexity index is 976. The molecule has 0 saturated heterocycles. The van der Waals surface area contributed by atoms with Crippen LogP contribution in [-0.2, 0) is 0 Å². The Morgan fingerprint density at radius 1 is 1.00 bits per heavy atom. The number of benzene rings is 2. The first-order valence-corrected chi connectivity index (χ1v) is 9.43. The van der Waals surface area contributed by atoms with Crippen molar-refractivity contribution in [3.63, 3.8) is 0 Å². The van der Waals surface area contributed by atoms with Crippen molar-refractivity contribution in [3.05, 3.63) is 59.6 Å². The van der Waals surface area contributed by atoms with Crippen LogP contribution < -0.4 is 0 Å². The Balaban J connectivity index is 1.99. The number of hydrogen-bond donors (Lipinski definition) is 0. The molecule has 0 atom stereocenters. The molecule has 2 heterocycles. The maximum absolute atomic E-state index is 6.63. The highest BCUT2D eigenvalue weighted by Gasteiger charge is 2.20. The van der Waals surface area contributed by atoms with E-state index in [1.807, 2.05) is 54.8 Å². The minimum absolute atomic E-state index is 0.739. The van der Waals surface area contributed by atoms with Gasteiger partial charge in [0.1, 0.15) is 0 Å². The highest BCUT2D eigenvalue weighted by atomic mass is 35.5. The highest BCUT2D eigenvalue weighted by Crippen LogP contribution is 2.42. The van der Waals surface area contributed by atoms with Gasteiger partial charge in [-0.25, -0.2) is 0 Å². The molecule has 4 aromatic rings. The second-order valence-corrected chi connectivity index (χ2v) is 7.13. The third kappa shape index (κ3) is 2.45. The van der Waals surface area contributed by atoms with Crippen molar-refractivity contribution < 1.29 is 0 Å². The first-order chi connectivity index (χ1) is 11.3. The Morgan fingerprint density at radius 2 is 1.74 bits per heavy atom. The summed E-state index contributed by atoms with van der Waals surface area (Å²) in [5.41, 5.74) is 1.03. The Hall–Kier alpha value is -1.82. The lowest BCUT2D eigenvalue weighted by Crippen LogP contribution is -1.98. The predicted octanol–water partition coefficient (Wildman–Crippen LogP) is 5.52. The third-order valence-corrected chi connectivity index (χ3v) is 5.87. The van der Waals surface area contributed by atoms with Crippen molar-refractivity contribution in [2.45, 2.75) is 5.16 Å². The number of aromatic nitrogens is 3. The molecule has 0 unspecified atom stereocenters. The summed E-state index contributed by atoms with van der Waals surface area (Å²) in [6.45, 7) is 0. The maximum atomic E-state index is 6.63. The van der Waals surface area contributed by atoms with Crippen molar-refractivity contribution in [1.29, 1.82) is 0 Å². The standard InChI is InChI=1S/C17H12ClN3S2/c1-22-17-20-19-16(21(17)11-7-3-2-4-8-11)15-14(18)12-9-5-6-10-13(12)23-15/h2-10H,1H3. The monoisotopic (exact) mass is 357 g/mol. The van der Waals surface area contributed by atoms with Crippen molar-refractivity contribution in [2.75, 3.05) is 6.26 Å². The number of thioether (sulfide) groups is 1.